The van der Waals surface area contributed by atoms with Gasteiger partial charge in [-0.15, -0.1) is 0 Å². The van der Waals surface area contributed by atoms with E-state index in [-0.39, 0.29) is 17.7 Å². The zero-order valence-electron chi connectivity index (χ0n) is 11.6. The summed E-state index contributed by atoms with van der Waals surface area (Å²) in [5.41, 5.74) is 1.19. The number of nitrogens with zero attached hydrogens (tertiary/aromatic N) is 1. The van der Waals surface area contributed by atoms with Crippen LogP contribution in [0.5, 0.6) is 0 Å². The van der Waals surface area contributed by atoms with Gasteiger partial charge in [-0.1, -0.05) is 20.8 Å². The summed E-state index contributed by atoms with van der Waals surface area (Å²) in [4.78, 5) is 26.2. The Morgan fingerprint density at radius 3 is 2.47 bits per heavy atom. The van der Waals surface area contributed by atoms with Crippen LogP contribution in [0.4, 0.5) is 5.69 Å². The number of carbonyl (C=O) groups excluding carboxylic acids is 1. The fourth-order valence-corrected chi connectivity index (χ4v) is 1.47. The van der Waals surface area contributed by atoms with Crippen LogP contribution in [0.2, 0.25) is 0 Å². The molecule has 1 rings (SSSR count). The van der Waals surface area contributed by atoms with Crippen LogP contribution >= 0.6 is 0 Å². The largest absolute Gasteiger partial charge is 0.481 e. The maximum Gasteiger partial charge on any atom is 0.309 e. The number of hydrogen-bond donors (Lipinski definition) is 2. The molecule has 104 valence electrons. The SMILES string of the molecule is CC(C)(C)CCC(=O)Nc1ccc(CC(=O)O)nc1. The van der Waals surface area contributed by atoms with E-state index in [0.717, 1.165) is 6.42 Å². The lowest BCUT2D eigenvalue weighted by Crippen LogP contribution is -2.15. The number of carboxylic acids is 1. The Morgan fingerprint density at radius 1 is 1.32 bits per heavy atom. The number of nitrogens with one attached hydrogen (secondary N) is 1. The van der Waals surface area contributed by atoms with Gasteiger partial charge in [-0.05, 0) is 24.0 Å². The van der Waals surface area contributed by atoms with Crippen molar-refractivity contribution in [3.8, 4) is 0 Å². The van der Waals surface area contributed by atoms with E-state index < -0.39 is 5.97 Å². The van der Waals surface area contributed by atoms with Crippen molar-refractivity contribution >= 4 is 17.6 Å². The Labute approximate surface area is 113 Å². The molecule has 1 aromatic heterocycles. The van der Waals surface area contributed by atoms with Gasteiger partial charge >= 0.3 is 5.97 Å². The molecular formula is C14H20N2O3. The molecule has 0 radical (unpaired) electrons. The summed E-state index contributed by atoms with van der Waals surface area (Å²) in [6.07, 6.45) is 2.63. The number of carbonyl (C=O) groups is 2. The summed E-state index contributed by atoms with van der Waals surface area (Å²) in [7, 11) is 0. The molecule has 0 aliphatic carbocycles. The predicted octanol–water partition coefficient (Wildman–Crippen LogP) is 2.47. The molecule has 1 heterocycles. The van der Waals surface area contributed by atoms with Gasteiger partial charge in [-0.3, -0.25) is 14.6 Å². The number of anilines is 1. The van der Waals surface area contributed by atoms with Gasteiger partial charge in [0.1, 0.15) is 0 Å². The Kier molecular flexibility index (Phi) is 5.03. The van der Waals surface area contributed by atoms with Crippen molar-refractivity contribution < 1.29 is 14.7 Å². The highest BCUT2D eigenvalue weighted by Crippen LogP contribution is 2.20. The summed E-state index contributed by atoms with van der Waals surface area (Å²) in [6, 6.07) is 3.27. The third-order valence-electron chi connectivity index (χ3n) is 2.54. The molecule has 0 saturated heterocycles. The van der Waals surface area contributed by atoms with Crippen LogP contribution in [0.25, 0.3) is 0 Å². The van der Waals surface area contributed by atoms with Crippen LogP contribution in [0, 0.1) is 5.41 Å². The molecule has 19 heavy (non-hydrogen) atoms. The second-order valence-electron chi connectivity index (χ2n) is 5.72. The van der Waals surface area contributed by atoms with E-state index >= 15 is 0 Å². The van der Waals surface area contributed by atoms with E-state index in [1.165, 1.54) is 6.20 Å². The van der Waals surface area contributed by atoms with Gasteiger partial charge < -0.3 is 10.4 Å². The Bertz CT molecular complexity index is 447. The van der Waals surface area contributed by atoms with E-state index in [0.29, 0.717) is 17.8 Å². The van der Waals surface area contributed by atoms with Gasteiger partial charge in [0.05, 0.1) is 24.0 Å². The van der Waals surface area contributed by atoms with E-state index in [1.54, 1.807) is 12.1 Å². The second-order valence-corrected chi connectivity index (χ2v) is 5.72. The summed E-state index contributed by atoms with van der Waals surface area (Å²) < 4.78 is 0. The van der Waals surface area contributed by atoms with Crippen molar-refractivity contribution in [1.82, 2.24) is 4.98 Å². The van der Waals surface area contributed by atoms with E-state index in [9.17, 15) is 9.59 Å². The van der Waals surface area contributed by atoms with Gasteiger partial charge in [0, 0.05) is 6.42 Å². The van der Waals surface area contributed by atoms with Crippen LogP contribution in [-0.4, -0.2) is 22.0 Å². The first kappa shape index (κ1) is 15.1. The number of aromatic nitrogens is 1. The fraction of sp³-hybridized carbons (Fsp3) is 0.500. The molecule has 0 aliphatic heterocycles. The maximum absolute atomic E-state index is 11.7. The molecule has 1 aromatic rings. The van der Waals surface area contributed by atoms with Crippen LogP contribution in [0.1, 0.15) is 39.3 Å². The quantitative estimate of drug-likeness (QED) is 0.856. The van der Waals surface area contributed by atoms with Gasteiger partial charge in [-0.25, -0.2) is 0 Å². The standard InChI is InChI=1S/C14H20N2O3/c1-14(2,3)7-6-12(17)16-11-5-4-10(15-9-11)8-13(18)19/h4-5,9H,6-8H2,1-3H3,(H,16,17)(H,18,19). The summed E-state index contributed by atoms with van der Waals surface area (Å²) in [5, 5.41) is 11.4. The normalized spacial score (nSPS) is 11.1. The lowest BCUT2D eigenvalue weighted by molar-refractivity contribution is -0.136. The van der Waals surface area contributed by atoms with Crippen molar-refractivity contribution in [1.29, 1.82) is 0 Å². The van der Waals surface area contributed by atoms with Crippen LogP contribution in [0.3, 0.4) is 0 Å². The molecule has 0 fully saturated rings. The molecule has 2 N–H and O–H groups in total. The zero-order chi connectivity index (χ0) is 14.5. The third kappa shape index (κ3) is 6.55. The van der Waals surface area contributed by atoms with Crippen LogP contribution in [0.15, 0.2) is 18.3 Å². The fourth-order valence-electron chi connectivity index (χ4n) is 1.47. The molecule has 1 amide bonds. The molecule has 0 saturated carbocycles. The van der Waals surface area contributed by atoms with Crippen molar-refractivity contribution in [3.63, 3.8) is 0 Å². The Morgan fingerprint density at radius 2 is 2.00 bits per heavy atom. The molecular weight excluding hydrogens is 244 g/mol. The van der Waals surface area contributed by atoms with Crippen LogP contribution < -0.4 is 5.32 Å². The highest BCUT2D eigenvalue weighted by molar-refractivity contribution is 5.90. The number of rotatable bonds is 5. The molecule has 0 aromatic carbocycles. The molecule has 5 heteroatoms. The van der Waals surface area contributed by atoms with Crippen molar-refractivity contribution in [2.75, 3.05) is 5.32 Å². The second kappa shape index (κ2) is 6.31. The number of hydrogen-bond acceptors (Lipinski definition) is 3. The highest BCUT2D eigenvalue weighted by atomic mass is 16.4. The summed E-state index contributed by atoms with van der Waals surface area (Å²) in [5.74, 6) is -0.975. The van der Waals surface area contributed by atoms with Gasteiger partial charge in [0.25, 0.3) is 0 Å². The summed E-state index contributed by atoms with van der Waals surface area (Å²) >= 11 is 0. The third-order valence-corrected chi connectivity index (χ3v) is 2.54. The summed E-state index contributed by atoms with van der Waals surface area (Å²) in [6.45, 7) is 6.26. The number of aliphatic carboxylic acids is 1. The van der Waals surface area contributed by atoms with Crippen LogP contribution in [-0.2, 0) is 16.0 Å². The van der Waals surface area contributed by atoms with Gasteiger partial charge in [0.15, 0.2) is 0 Å². The minimum absolute atomic E-state index is 0.0530. The van der Waals surface area contributed by atoms with Gasteiger partial charge in [0.2, 0.25) is 5.91 Å². The lowest BCUT2D eigenvalue weighted by Gasteiger charge is -2.17. The monoisotopic (exact) mass is 264 g/mol. The minimum atomic E-state index is -0.922. The highest BCUT2D eigenvalue weighted by Gasteiger charge is 2.13. The predicted molar refractivity (Wildman–Crippen MR) is 72.9 cm³/mol. The average molecular weight is 264 g/mol. The molecule has 0 unspecified atom stereocenters. The number of pyridine rings is 1. The molecule has 0 atom stereocenters. The zero-order valence-corrected chi connectivity index (χ0v) is 11.6. The average Bonchev–Trinajstić information content (AvgIpc) is 2.28. The smallest absolute Gasteiger partial charge is 0.309 e. The van der Waals surface area contributed by atoms with E-state index in [4.69, 9.17) is 5.11 Å². The molecule has 0 bridgehead atoms. The number of carboxylic acid groups (broad SMARTS) is 1. The van der Waals surface area contributed by atoms with E-state index in [1.807, 2.05) is 0 Å². The Balaban J connectivity index is 2.49. The minimum Gasteiger partial charge on any atom is -0.481 e. The topological polar surface area (TPSA) is 79.3 Å². The van der Waals surface area contributed by atoms with Crippen molar-refractivity contribution in [2.24, 2.45) is 5.41 Å². The Hall–Kier alpha value is -1.91. The molecule has 0 spiro atoms. The first-order valence-electron chi connectivity index (χ1n) is 6.23. The van der Waals surface area contributed by atoms with Crippen molar-refractivity contribution in [3.05, 3.63) is 24.0 Å². The molecule has 0 aliphatic rings. The first-order valence-corrected chi connectivity index (χ1v) is 6.23. The first-order chi connectivity index (χ1) is 8.76. The van der Waals surface area contributed by atoms with Crippen molar-refractivity contribution in [2.45, 2.75) is 40.0 Å². The number of amides is 1. The lowest BCUT2D eigenvalue weighted by atomic mass is 9.90. The molecule has 5 nitrogen and oxygen atoms in total. The maximum atomic E-state index is 11.7. The van der Waals surface area contributed by atoms with E-state index in [2.05, 4.69) is 31.1 Å². The van der Waals surface area contributed by atoms with Gasteiger partial charge in [-0.2, -0.15) is 0 Å².